The van der Waals surface area contributed by atoms with E-state index in [1.54, 1.807) is 23.6 Å². The predicted molar refractivity (Wildman–Crippen MR) is 75.0 cm³/mol. The van der Waals surface area contributed by atoms with Gasteiger partial charge in [0.2, 0.25) is 5.91 Å². The normalized spacial score (nSPS) is 25.1. The SMILES string of the molecule is CN1CCN2CCN(S(=O)(=O)c3cn(C)cn3)C[C@H]2C1=O. The van der Waals surface area contributed by atoms with E-state index >= 15 is 0 Å². The third-order valence-electron chi connectivity index (χ3n) is 4.12. The highest BCUT2D eigenvalue weighted by Gasteiger charge is 2.41. The second kappa shape index (κ2) is 5.08. The van der Waals surface area contributed by atoms with Crippen LogP contribution in [0.15, 0.2) is 17.6 Å². The molecular formula is C12H19N5O3S. The van der Waals surface area contributed by atoms with Gasteiger partial charge in [0.15, 0.2) is 5.03 Å². The van der Waals surface area contributed by atoms with Gasteiger partial charge in [-0.05, 0) is 0 Å². The number of amides is 1. The molecule has 2 fully saturated rings. The number of rotatable bonds is 2. The molecule has 2 aliphatic rings. The van der Waals surface area contributed by atoms with Crippen LogP contribution in [-0.2, 0) is 21.9 Å². The summed E-state index contributed by atoms with van der Waals surface area (Å²) in [7, 11) is -0.147. The maximum Gasteiger partial charge on any atom is 0.262 e. The highest BCUT2D eigenvalue weighted by Crippen LogP contribution is 2.21. The standard InChI is InChI=1S/C12H19N5O3S/c1-14-8-11(13-9-14)21(19,20)17-6-5-16-4-3-15(2)12(18)10(16)7-17/h8-10H,3-7H2,1-2H3/t10-/m0/s1. The van der Waals surface area contributed by atoms with Gasteiger partial charge in [-0.25, -0.2) is 13.4 Å². The number of carbonyl (C=O) groups is 1. The van der Waals surface area contributed by atoms with Crippen molar-refractivity contribution in [2.75, 3.05) is 39.8 Å². The molecule has 8 nitrogen and oxygen atoms in total. The van der Waals surface area contributed by atoms with Crippen LogP contribution in [0.25, 0.3) is 0 Å². The van der Waals surface area contributed by atoms with Gasteiger partial charge in [0, 0.05) is 53.0 Å². The van der Waals surface area contributed by atoms with Gasteiger partial charge in [-0.15, -0.1) is 0 Å². The Labute approximate surface area is 124 Å². The highest BCUT2D eigenvalue weighted by molar-refractivity contribution is 7.89. The number of aromatic nitrogens is 2. The van der Waals surface area contributed by atoms with Crippen LogP contribution < -0.4 is 0 Å². The zero-order chi connectivity index (χ0) is 15.2. The number of fused-ring (bicyclic) bond motifs is 1. The van der Waals surface area contributed by atoms with Crippen molar-refractivity contribution in [1.29, 1.82) is 0 Å². The Morgan fingerprint density at radius 2 is 1.90 bits per heavy atom. The van der Waals surface area contributed by atoms with Gasteiger partial charge in [-0.3, -0.25) is 9.69 Å². The van der Waals surface area contributed by atoms with Crippen LogP contribution in [0.5, 0.6) is 0 Å². The van der Waals surface area contributed by atoms with Crippen molar-refractivity contribution >= 4 is 15.9 Å². The number of hydrogen-bond donors (Lipinski definition) is 0. The predicted octanol–water partition coefficient (Wildman–Crippen LogP) is -1.43. The van der Waals surface area contributed by atoms with Crippen molar-refractivity contribution in [1.82, 2.24) is 23.7 Å². The molecule has 3 rings (SSSR count). The molecule has 1 atom stereocenters. The quantitative estimate of drug-likeness (QED) is 0.669. The van der Waals surface area contributed by atoms with Gasteiger partial charge >= 0.3 is 0 Å². The molecule has 0 radical (unpaired) electrons. The molecule has 3 heterocycles. The summed E-state index contributed by atoms with van der Waals surface area (Å²) in [6.07, 6.45) is 2.94. The molecule has 0 aromatic carbocycles. The fourth-order valence-corrected chi connectivity index (χ4v) is 4.22. The molecule has 2 saturated heterocycles. The van der Waals surface area contributed by atoms with E-state index in [0.717, 1.165) is 6.54 Å². The second-order valence-electron chi connectivity index (χ2n) is 5.55. The minimum Gasteiger partial charge on any atom is -0.343 e. The van der Waals surface area contributed by atoms with E-state index in [2.05, 4.69) is 9.88 Å². The summed E-state index contributed by atoms with van der Waals surface area (Å²) in [6.45, 7) is 2.66. The summed E-state index contributed by atoms with van der Waals surface area (Å²) in [4.78, 5) is 19.9. The van der Waals surface area contributed by atoms with Crippen molar-refractivity contribution < 1.29 is 13.2 Å². The first-order valence-electron chi connectivity index (χ1n) is 6.87. The number of likely N-dealkylation sites (N-methyl/N-ethyl adjacent to an activating group) is 1. The number of carbonyl (C=O) groups excluding carboxylic acids is 1. The van der Waals surface area contributed by atoms with Gasteiger partial charge in [0.05, 0.1) is 6.33 Å². The summed E-state index contributed by atoms with van der Waals surface area (Å²) >= 11 is 0. The van der Waals surface area contributed by atoms with E-state index in [4.69, 9.17) is 0 Å². The summed E-state index contributed by atoms with van der Waals surface area (Å²) < 4.78 is 28.1. The number of hydrogen-bond acceptors (Lipinski definition) is 5. The van der Waals surface area contributed by atoms with Gasteiger partial charge < -0.3 is 9.47 Å². The fraction of sp³-hybridized carbons (Fsp3) is 0.667. The molecule has 2 aliphatic heterocycles. The van der Waals surface area contributed by atoms with E-state index in [9.17, 15) is 13.2 Å². The first-order valence-corrected chi connectivity index (χ1v) is 8.31. The molecule has 9 heteroatoms. The zero-order valence-electron chi connectivity index (χ0n) is 12.1. The summed E-state index contributed by atoms with van der Waals surface area (Å²) in [5.74, 6) is -0.0119. The van der Waals surface area contributed by atoms with E-state index in [1.807, 2.05) is 0 Å². The number of nitrogens with zero attached hydrogens (tertiary/aromatic N) is 5. The first kappa shape index (κ1) is 14.5. The Kier molecular flexibility index (Phi) is 3.50. The number of piperazine rings is 2. The second-order valence-corrected chi connectivity index (χ2v) is 7.44. The Balaban J connectivity index is 1.83. The zero-order valence-corrected chi connectivity index (χ0v) is 13.0. The van der Waals surface area contributed by atoms with Crippen molar-refractivity contribution in [2.24, 2.45) is 7.05 Å². The molecule has 0 spiro atoms. The maximum absolute atomic E-state index is 12.6. The molecule has 0 N–H and O–H groups in total. The number of imidazole rings is 1. The first-order chi connectivity index (χ1) is 9.89. The van der Waals surface area contributed by atoms with Crippen molar-refractivity contribution in [3.05, 3.63) is 12.5 Å². The Morgan fingerprint density at radius 3 is 2.57 bits per heavy atom. The van der Waals surface area contributed by atoms with E-state index < -0.39 is 10.0 Å². The van der Waals surface area contributed by atoms with Gasteiger partial charge in [0.25, 0.3) is 10.0 Å². The van der Waals surface area contributed by atoms with Gasteiger partial charge in [-0.2, -0.15) is 4.31 Å². The van der Waals surface area contributed by atoms with Crippen LogP contribution in [0.4, 0.5) is 0 Å². The molecular weight excluding hydrogens is 294 g/mol. The largest absolute Gasteiger partial charge is 0.343 e. The van der Waals surface area contributed by atoms with Crippen molar-refractivity contribution in [2.45, 2.75) is 11.1 Å². The smallest absolute Gasteiger partial charge is 0.262 e. The molecule has 1 aromatic rings. The molecule has 0 saturated carbocycles. The minimum absolute atomic E-state index is 0.0119. The van der Waals surface area contributed by atoms with Gasteiger partial charge in [0.1, 0.15) is 6.04 Å². The van der Waals surface area contributed by atoms with E-state index in [1.165, 1.54) is 16.8 Å². The average molecular weight is 313 g/mol. The van der Waals surface area contributed by atoms with Crippen LogP contribution in [-0.4, -0.2) is 83.8 Å². The highest BCUT2D eigenvalue weighted by atomic mass is 32.2. The lowest BCUT2D eigenvalue weighted by molar-refractivity contribution is -0.142. The Hall–Kier alpha value is -1.45. The summed E-state index contributed by atoms with van der Waals surface area (Å²) in [5.41, 5.74) is 0. The maximum atomic E-state index is 12.6. The average Bonchev–Trinajstić information content (AvgIpc) is 2.90. The van der Waals surface area contributed by atoms with Crippen LogP contribution in [0.1, 0.15) is 0 Å². The molecule has 116 valence electrons. The molecule has 1 aromatic heterocycles. The summed E-state index contributed by atoms with van der Waals surface area (Å²) in [5, 5.41) is 0.0371. The third kappa shape index (κ3) is 2.45. The van der Waals surface area contributed by atoms with E-state index in [-0.39, 0.29) is 23.5 Å². The minimum atomic E-state index is -3.63. The molecule has 0 aliphatic carbocycles. The lowest BCUT2D eigenvalue weighted by Crippen LogP contribution is -2.64. The van der Waals surface area contributed by atoms with Crippen molar-refractivity contribution in [3.8, 4) is 0 Å². The monoisotopic (exact) mass is 313 g/mol. The van der Waals surface area contributed by atoms with E-state index in [0.29, 0.717) is 19.6 Å². The lowest BCUT2D eigenvalue weighted by atomic mass is 10.1. The molecule has 21 heavy (non-hydrogen) atoms. The topological polar surface area (TPSA) is 78.8 Å². The van der Waals surface area contributed by atoms with Crippen LogP contribution in [0.3, 0.4) is 0 Å². The van der Waals surface area contributed by atoms with Crippen LogP contribution in [0.2, 0.25) is 0 Å². The number of sulfonamides is 1. The Bertz CT molecular complexity index is 656. The van der Waals surface area contributed by atoms with Gasteiger partial charge in [-0.1, -0.05) is 0 Å². The van der Waals surface area contributed by atoms with Crippen LogP contribution in [0, 0.1) is 0 Å². The number of aryl methyl sites for hydroxylation is 1. The molecule has 0 unspecified atom stereocenters. The van der Waals surface area contributed by atoms with Crippen LogP contribution >= 0.6 is 0 Å². The lowest BCUT2D eigenvalue weighted by Gasteiger charge is -2.44. The summed E-state index contributed by atoms with van der Waals surface area (Å²) in [6, 6.07) is -0.379. The Morgan fingerprint density at radius 1 is 1.19 bits per heavy atom. The molecule has 1 amide bonds. The molecule has 0 bridgehead atoms. The van der Waals surface area contributed by atoms with Crippen molar-refractivity contribution in [3.63, 3.8) is 0 Å². The fourth-order valence-electron chi connectivity index (χ4n) is 2.81. The third-order valence-corrected chi connectivity index (χ3v) is 5.87.